The van der Waals surface area contributed by atoms with Gasteiger partial charge in [0.25, 0.3) is 23.6 Å². The molecule has 11 heterocycles. The Kier molecular flexibility index (Phi) is 21.4. The van der Waals surface area contributed by atoms with Crippen molar-refractivity contribution in [2.45, 2.75) is 115 Å². The van der Waals surface area contributed by atoms with Crippen molar-refractivity contribution in [2.24, 2.45) is 0 Å². The van der Waals surface area contributed by atoms with E-state index in [9.17, 15) is 40.0 Å². The summed E-state index contributed by atoms with van der Waals surface area (Å²) in [5.74, 6) is -6.75. The van der Waals surface area contributed by atoms with E-state index in [0.29, 0.717) is 29.9 Å². The number of nitrogens with zero attached hydrogens (tertiary/aromatic N) is 9. The number of aromatic nitrogens is 7. The van der Waals surface area contributed by atoms with E-state index in [1.54, 1.807) is 50.4 Å². The minimum absolute atomic E-state index is 0.00731. The number of aliphatic hydroxyl groups excluding tert-OH is 2. The van der Waals surface area contributed by atoms with Crippen LogP contribution < -0.4 is 26.6 Å². The highest BCUT2D eigenvalue weighted by Gasteiger charge is 2.50. The van der Waals surface area contributed by atoms with Crippen LogP contribution in [0.25, 0.3) is 49.3 Å². The molecule has 534 valence electrons. The molecule has 4 aliphatic heterocycles. The highest BCUT2D eigenvalue weighted by atomic mass is 32.1. The van der Waals surface area contributed by atoms with Gasteiger partial charge in [0.1, 0.15) is 120 Å². The molecule has 0 spiro atoms. The molecule has 10 unspecified atom stereocenters. The number of aliphatic hydroxyl groups is 3. The molecule has 101 heavy (non-hydrogen) atoms. The highest BCUT2D eigenvalue weighted by molar-refractivity contribution is 7.14. The van der Waals surface area contributed by atoms with Gasteiger partial charge in [-0.3, -0.25) is 28.9 Å². The second-order valence-corrected chi connectivity index (χ2v) is 28.8. The monoisotopic (exact) mass is 1480 g/mol. The van der Waals surface area contributed by atoms with Crippen LogP contribution in [0.5, 0.6) is 5.75 Å². The molecule has 1 fully saturated rings. The van der Waals surface area contributed by atoms with E-state index < -0.39 is 133 Å². The van der Waals surface area contributed by atoms with Gasteiger partial charge >= 0.3 is 11.9 Å². The zero-order chi connectivity index (χ0) is 71.9. The Hall–Kier alpha value is -8.83. The van der Waals surface area contributed by atoms with Gasteiger partial charge in [0, 0.05) is 69.5 Å². The number of rotatable bonds is 13. The van der Waals surface area contributed by atoms with Crippen molar-refractivity contribution in [2.75, 3.05) is 60.6 Å². The SMILES string of the molecule is CCN(CCO)CCNC(=O)c1csc(-c2nc3c(cc2O)-c2nc(cs2)C(=O)NC(C(C)O)C(=O)N/C(=C(\C)OC)c2nc(cs2)C(=O)NC2c4nc(cs4)C(=O)NC(COC(=O)c4c5c6c(cccc6n4O)COC(=O)C(OC4CC(C)(O)C(N(C)C)C(C)O4)C2OC5)c2nc-3cs2)n1. The lowest BCUT2D eigenvalue weighted by Gasteiger charge is -2.48. The number of cyclic esters (lactones) is 2. The molecule has 1 saturated heterocycles. The maximum Gasteiger partial charge on any atom is 0.358 e. The first-order valence-corrected chi connectivity index (χ1v) is 36.0. The lowest BCUT2D eigenvalue weighted by molar-refractivity contribution is -0.280. The molecular formula is C64H70N14O18S5. The van der Waals surface area contributed by atoms with Gasteiger partial charge in [0.05, 0.1) is 49.7 Å². The molecule has 12 bridgehead atoms. The number of benzene rings is 1. The van der Waals surface area contributed by atoms with Crippen molar-refractivity contribution in [1.82, 2.24) is 71.0 Å². The standard InChI is InChI=1S/C64H70N14O18S5/c1-9-77(15-16-79)14-13-65-52(82)35-23-100-60(69-35)46-40(81)17-31-45(72-46)34-22-98-58(67-34)33-21-94-62(87)48-32-20-92-49(50(96-41-18-64(5,89)51(76(6)7)29(4)95-41)63(88)93-19-30-11-10-12-39(42(30)32)78(48)90)47(61-71-36(25-101-61)53(83)66-33)75-55(85)38-26-99-59(70-38)44(28(3)91-8)74-56(86)43(27(2)80)73-54(84)37-24-97-57(31)68-37/h10-12,17,22-27,29,33,41,43,47,49-51,79-81,89-90H,9,13-16,18-21H2,1-8H3,(H,65,82)(H,66,83)(H,73,84)(H,74,86)(H,75,85)/b44-28+. The second-order valence-electron chi connectivity index (χ2n) is 24.4. The molecule has 7 aromatic heterocycles. The summed E-state index contributed by atoms with van der Waals surface area (Å²) in [6.07, 6.45) is -7.50. The Balaban J connectivity index is 1.02. The molecule has 12 rings (SSSR count). The molecule has 0 radical (unpaired) electrons. The number of aromatic hydroxyl groups is 1. The molecule has 10 atom stereocenters. The first-order chi connectivity index (χ1) is 48.3. The van der Waals surface area contributed by atoms with E-state index in [-0.39, 0.29) is 118 Å². The van der Waals surface area contributed by atoms with Gasteiger partial charge in [-0.2, -0.15) is 4.73 Å². The van der Waals surface area contributed by atoms with Gasteiger partial charge in [-0.1, -0.05) is 19.1 Å². The lowest BCUT2D eigenvalue weighted by atomic mass is 9.85. The molecule has 10 N–H and O–H groups in total. The Morgan fingerprint density at radius 3 is 2.26 bits per heavy atom. The largest absolute Gasteiger partial charge is 0.506 e. The van der Waals surface area contributed by atoms with Gasteiger partial charge in [0.15, 0.2) is 18.1 Å². The van der Waals surface area contributed by atoms with Crippen LogP contribution in [0.4, 0.5) is 0 Å². The number of likely N-dealkylation sites (N-methyl/N-ethyl adjacent to an activating group) is 2. The van der Waals surface area contributed by atoms with Gasteiger partial charge in [-0.15, -0.1) is 56.7 Å². The third-order valence-electron chi connectivity index (χ3n) is 17.3. The van der Waals surface area contributed by atoms with Crippen LogP contribution >= 0.6 is 56.7 Å². The van der Waals surface area contributed by atoms with Crippen LogP contribution in [0, 0.1) is 0 Å². The molecular weight excluding hydrogens is 1410 g/mol. The number of nitrogens with one attached hydrogen (secondary N) is 5. The zero-order valence-electron chi connectivity index (χ0n) is 55.4. The Labute approximate surface area is 595 Å². The van der Waals surface area contributed by atoms with Crippen molar-refractivity contribution < 1.29 is 87.6 Å². The van der Waals surface area contributed by atoms with Crippen LogP contribution in [0.15, 0.2) is 56.9 Å². The van der Waals surface area contributed by atoms with E-state index >= 15 is 19.2 Å². The number of ether oxygens (including phenoxy) is 6. The second kappa shape index (κ2) is 30.0. The van der Waals surface area contributed by atoms with Crippen molar-refractivity contribution >= 4 is 115 Å². The van der Waals surface area contributed by atoms with Gasteiger partial charge < -0.3 is 85.5 Å². The maximum absolute atomic E-state index is 15.2. The quantitative estimate of drug-likeness (QED) is 0.0439. The summed E-state index contributed by atoms with van der Waals surface area (Å²) in [6.45, 7) is 7.93. The van der Waals surface area contributed by atoms with E-state index in [2.05, 4.69) is 41.5 Å². The van der Waals surface area contributed by atoms with Crippen molar-refractivity contribution in [1.29, 1.82) is 0 Å². The van der Waals surface area contributed by atoms with Gasteiger partial charge in [0.2, 0.25) is 5.91 Å². The third kappa shape index (κ3) is 14.8. The zero-order valence-corrected chi connectivity index (χ0v) is 59.4. The number of methoxy groups -OCH3 is 1. The smallest absolute Gasteiger partial charge is 0.358 e. The van der Waals surface area contributed by atoms with Crippen molar-refractivity contribution in [3.05, 3.63) is 112 Å². The lowest BCUT2D eigenvalue weighted by Crippen LogP contribution is -2.62. The minimum Gasteiger partial charge on any atom is -0.506 e. The van der Waals surface area contributed by atoms with Crippen LogP contribution in [-0.4, -0.2) is 221 Å². The summed E-state index contributed by atoms with van der Waals surface area (Å²) < 4.78 is 38.3. The number of pyridine rings is 1. The number of carbonyl (C=O) groups excluding carboxylic acids is 7. The van der Waals surface area contributed by atoms with E-state index in [4.69, 9.17) is 43.4 Å². The molecule has 4 aliphatic rings. The van der Waals surface area contributed by atoms with E-state index in [1.165, 1.54) is 54.6 Å². The van der Waals surface area contributed by atoms with Crippen molar-refractivity contribution in [3.8, 4) is 38.4 Å². The fourth-order valence-corrected chi connectivity index (χ4v) is 16.6. The summed E-state index contributed by atoms with van der Waals surface area (Å²) in [5.41, 5.74) is -2.27. The molecule has 0 saturated carbocycles. The summed E-state index contributed by atoms with van der Waals surface area (Å²) in [5, 5.41) is 78.2. The summed E-state index contributed by atoms with van der Waals surface area (Å²) >= 11 is 4.68. The minimum atomic E-state index is -1.91. The summed E-state index contributed by atoms with van der Waals surface area (Å²) in [6, 6.07) is 0.790. The Bertz CT molecular complexity index is 4540. The van der Waals surface area contributed by atoms with Crippen LogP contribution in [0.3, 0.4) is 0 Å². The van der Waals surface area contributed by atoms with E-state index in [1.807, 2.05) is 11.8 Å². The molecule has 37 heteroatoms. The molecule has 8 aromatic rings. The average Bonchev–Trinajstić information content (AvgIpc) is 1.65. The Morgan fingerprint density at radius 2 is 1.53 bits per heavy atom. The fraction of sp³-hybridized carbons (Fsp3) is 0.422. The molecule has 0 aliphatic carbocycles. The summed E-state index contributed by atoms with van der Waals surface area (Å²) in [7, 11) is 4.86. The number of esters is 2. The number of amides is 5. The van der Waals surface area contributed by atoms with Crippen LogP contribution in [0.2, 0.25) is 0 Å². The average molecular weight is 1480 g/mol. The number of hydrogen-bond acceptors (Lipinski definition) is 31. The van der Waals surface area contributed by atoms with Gasteiger partial charge in [-0.25, -0.2) is 39.5 Å². The van der Waals surface area contributed by atoms with Crippen LogP contribution in [0.1, 0.15) is 132 Å². The number of carbonyl (C=O) groups is 7. The first-order valence-electron chi connectivity index (χ1n) is 31.6. The predicted molar refractivity (Wildman–Crippen MR) is 366 cm³/mol. The molecule has 1 aromatic carbocycles. The molecule has 32 nitrogen and oxygen atoms in total. The van der Waals surface area contributed by atoms with Crippen molar-refractivity contribution in [3.63, 3.8) is 0 Å². The topological polar surface area (TPSA) is 425 Å². The molecule has 5 amide bonds. The van der Waals surface area contributed by atoms with E-state index in [0.717, 1.165) is 56.7 Å². The van der Waals surface area contributed by atoms with Crippen LogP contribution in [-0.2, 0) is 51.2 Å². The highest BCUT2D eigenvalue weighted by Crippen LogP contribution is 2.43. The first kappa shape index (κ1) is 72.0. The number of hydrogen-bond donors (Lipinski definition) is 10. The summed E-state index contributed by atoms with van der Waals surface area (Å²) in [4.78, 5) is 135. The van der Waals surface area contributed by atoms with Gasteiger partial charge in [-0.05, 0) is 66.0 Å². The number of allylic oxidation sites excluding steroid dienone is 1. The number of thiazole rings is 5. The fourth-order valence-electron chi connectivity index (χ4n) is 12.5. The third-order valence-corrected chi connectivity index (χ3v) is 21.8. The predicted octanol–water partition coefficient (Wildman–Crippen LogP) is 4.21. The normalized spacial score (nSPS) is 23.8. The number of fused-ring (bicyclic) bond motifs is 15. The maximum atomic E-state index is 15.2. The Morgan fingerprint density at radius 1 is 0.851 bits per heavy atom.